The third-order valence-corrected chi connectivity index (χ3v) is 3.33. The zero-order valence-corrected chi connectivity index (χ0v) is 11.0. The minimum atomic E-state index is -3.14. The summed E-state index contributed by atoms with van der Waals surface area (Å²) in [5, 5.41) is 0. The Morgan fingerprint density at radius 2 is 1.87 bits per heavy atom. The van der Waals surface area contributed by atoms with E-state index in [0.29, 0.717) is 6.54 Å². The minimum absolute atomic E-state index is 0.0407. The highest BCUT2D eigenvalue weighted by Gasteiger charge is 2.12. The maximum atomic E-state index is 11.3. The summed E-state index contributed by atoms with van der Waals surface area (Å²) in [5.74, 6) is 0.0407. The number of hydrogen-bond acceptors (Lipinski definition) is 3. The van der Waals surface area contributed by atoms with Crippen LogP contribution in [0.1, 0.15) is 33.6 Å². The van der Waals surface area contributed by atoms with Gasteiger partial charge in [-0.15, -0.1) is 0 Å². The number of sulfonamides is 1. The second kappa shape index (κ2) is 6.45. The van der Waals surface area contributed by atoms with Crippen LogP contribution < -0.4 is 4.72 Å². The molecule has 4 nitrogen and oxygen atoms in total. The fraction of sp³-hybridized carbons (Fsp3) is 1.00. The van der Waals surface area contributed by atoms with E-state index in [1.54, 1.807) is 0 Å². The van der Waals surface area contributed by atoms with Crippen LogP contribution in [0.2, 0.25) is 0 Å². The van der Waals surface area contributed by atoms with Crippen LogP contribution in [-0.4, -0.2) is 34.4 Å². The van der Waals surface area contributed by atoms with Crippen LogP contribution in [0.25, 0.3) is 0 Å². The van der Waals surface area contributed by atoms with E-state index < -0.39 is 10.0 Å². The number of ether oxygens (including phenoxy) is 1. The van der Waals surface area contributed by atoms with Crippen LogP contribution in [0, 0.1) is 5.41 Å². The number of hydrogen-bond donors (Lipinski definition) is 1. The average molecular weight is 237 g/mol. The first-order valence-corrected chi connectivity index (χ1v) is 6.88. The first kappa shape index (κ1) is 14.9. The third kappa shape index (κ3) is 10.2. The Hall–Kier alpha value is -0.130. The molecule has 1 N–H and O–H groups in total. The van der Waals surface area contributed by atoms with Crippen molar-refractivity contribution in [2.45, 2.75) is 33.6 Å². The lowest BCUT2D eigenvalue weighted by Gasteiger charge is -2.17. The van der Waals surface area contributed by atoms with Gasteiger partial charge in [0.25, 0.3) is 0 Å². The Labute approximate surface area is 93.4 Å². The van der Waals surface area contributed by atoms with E-state index in [1.807, 2.05) is 0 Å². The molecule has 0 saturated heterocycles. The predicted octanol–water partition coefficient (Wildman–Crippen LogP) is 1.38. The summed E-state index contributed by atoms with van der Waals surface area (Å²) >= 11 is 0. The smallest absolute Gasteiger partial charge is 0.213 e. The first-order chi connectivity index (χ1) is 6.77. The molecule has 0 aromatic heterocycles. The highest BCUT2D eigenvalue weighted by atomic mass is 32.2. The van der Waals surface area contributed by atoms with E-state index in [4.69, 9.17) is 4.74 Å². The molecule has 0 aliphatic carbocycles. The van der Waals surface area contributed by atoms with Crippen molar-refractivity contribution in [3.8, 4) is 0 Å². The monoisotopic (exact) mass is 237 g/mol. The molecule has 0 aromatic carbocycles. The number of rotatable bonds is 7. The minimum Gasteiger partial charge on any atom is -0.384 e. The van der Waals surface area contributed by atoms with Gasteiger partial charge in [0.2, 0.25) is 10.0 Å². The Kier molecular flexibility index (Phi) is 6.40. The topological polar surface area (TPSA) is 55.4 Å². The van der Waals surface area contributed by atoms with Gasteiger partial charge in [0.1, 0.15) is 0 Å². The van der Waals surface area contributed by atoms with Crippen LogP contribution >= 0.6 is 0 Å². The SMILES string of the molecule is COCCS(=O)(=O)NCCCC(C)(C)C. The molecular weight excluding hydrogens is 214 g/mol. The Bertz CT molecular complexity index is 254. The molecule has 0 aromatic rings. The van der Waals surface area contributed by atoms with Gasteiger partial charge in [-0.05, 0) is 18.3 Å². The molecule has 0 saturated carbocycles. The van der Waals surface area contributed by atoms with E-state index in [-0.39, 0.29) is 17.8 Å². The summed E-state index contributed by atoms with van der Waals surface area (Å²) in [7, 11) is -1.64. The second-order valence-electron chi connectivity index (χ2n) is 4.87. The first-order valence-electron chi connectivity index (χ1n) is 5.23. The summed E-state index contributed by atoms with van der Waals surface area (Å²) in [6.07, 6.45) is 1.88. The maximum absolute atomic E-state index is 11.3. The maximum Gasteiger partial charge on any atom is 0.213 e. The fourth-order valence-corrected chi connectivity index (χ4v) is 2.10. The largest absolute Gasteiger partial charge is 0.384 e. The highest BCUT2D eigenvalue weighted by molar-refractivity contribution is 7.89. The van der Waals surface area contributed by atoms with Gasteiger partial charge in [0.05, 0.1) is 12.4 Å². The fourth-order valence-electron chi connectivity index (χ4n) is 1.11. The van der Waals surface area contributed by atoms with Crippen LogP contribution in [0.4, 0.5) is 0 Å². The molecule has 0 bridgehead atoms. The molecule has 0 atom stereocenters. The van der Waals surface area contributed by atoms with E-state index in [1.165, 1.54) is 7.11 Å². The van der Waals surface area contributed by atoms with Gasteiger partial charge in [-0.3, -0.25) is 0 Å². The third-order valence-electron chi connectivity index (χ3n) is 1.98. The summed E-state index contributed by atoms with van der Waals surface area (Å²) in [6, 6.07) is 0. The van der Waals surface area contributed by atoms with Crippen molar-refractivity contribution in [1.29, 1.82) is 0 Å². The molecule has 92 valence electrons. The molecule has 0 unspecified atom stereocenters. The molecule has 0 spiro atoms. The quantitative estimate of drug-likeness (QED) is 0.681. The Morgan fingerprint density at radius 3 is 2.33 bits per heavy atom. The number of methoxy groups -OCH3 is 1. The second-order valence-corrected chi connectivity index (χ2v) is 6.80. The lowest BCUT2D eigenvalue weighted by atomic mass is 9.91. The predicted molar refractivity (Wildman–Crippen MR) is 62.4 cm³/mol. The summed E-state index contributed by atoms with van der Waals surface area (Å²) in [4.78, 5) is 0. The van der Waals surface area contributed by atoms with Crippen LogP contribution in [-0.2, 0) is 14.8 Å². The van der Waals surface area contributed by atoms with Crippen molar-refractivity contribution in [2.75, 3.05) is 26.0 Å². The van der Waals surface area contributed by atoms with Gasteiger partial charge in [0.15, 0.2) is 0 Å². The molecule has 0 fully saturated rings. The summed E-state index contributed by atoms with van der Waals surface area (Å²) in [5.41, 5.74) is 0.262. The molecule has 0 aliphatic heterocycles. The van der Waals surface area contributed by atoms with E-state index in [2.05, 4.69) is 25.5 Å². The zero-order chi connectivity index (χ0) is 11.9. The molecule has 5 heteroatoms. The summed E-state index contributed by atoms with van der Waals surface area (Å²) in [6.45, 7) is 7.20. The molecule has 0 amide bonds. The van der Waals surface area contributed by atoms with Crippen molar-refractivity contribution >= 4 is 10.0 Å². The molecule has 15 heavy (non-hydrogen) atoms. The Morgan fingerprint density at radius 1 is 1.27 bits per heavy atom. The Balaban J connectivity index is 3.67. The molecule has 0 radical (unpaired) electrons. The van der Waals surface area contributed by atoms with E-state index >= 15 is 0 Å². The van der Waals surface area contributed by atoms with Crippen molar-refractivity contribution in [3.05, 3.63) is 0 Å². The van der Waals surface area contributed by atoms with Gasteiger partial charge < -0.3 is 4.74 Å². The van der Waals surface area contributed by atoms with Gasteiger partial charge in [-0.2, -0.15) is 0 Å². The van der Waals surface area contributed by atoms with Crippen molar-refractivity contribution in [2.24, 2.45) is 5.41 Å². The average Bonchev–Trinajstić information content (AvgIpc) is 2.08. The zero-order valence-electron chi connectivity index (χ0n) is 10.2. The van der Waals surface area contributed by atoms with Crippen LogP contribution in [0.15, 0.2) is 0 Å². The van der Waals surface area contributed by atoms with E-state index in [0.717, 1.165) is 12.8 Å². The van der Waals surface area contributed by atoms with Crippen molar-refractivity contribution in [1.82, 2.24) is 4.72 Å². The lowest BCUT2D eigenvalue weighted by Crippen LogP contribution is -2.29. The van der Waals surface area contributed by atoms with Crippen LogP contribution in [0.5, 0.6) is 0 Å². The molecule has 0 aliphatic rings. The summed E-state index contributed by atoms with van der Waals surface area (Å²) < 4.78 is 29.9. The van der Waals surface area contributed by atoms with Crippen molar-refractivity contribution < 1.29 is 13.2 Å². The number of nitrogens with one attached hydrogen (secondary N) is 1. The van der Waals surface area contributed by atoms with Crippen molar-refractivity contribution in [3.63, 3.8) is 0 Å². The lowest BCUT2D eigenvalue weighted by molar-refractivity contribution is 0.217. The standard InChI is InChI=1S/C10H23NO3S/c1-10(2,3)6-5-7-11-15(12,13)9-8-14-4/h11H,5-9H2,1-4H3. The van der Waals surface area contributed by atoms with Crippen LogP contribution in [0.3, 0.4) is 0 Å². The van der Waals surface area contributed by atoms with Gasteiger partial charge in [-0.1, -0.05) is 20.8 Å². The highest BCUT2D eigenvalue weighted by Crippen LogP contribution is 2.19. The van der Waals surface area contributed by atoms with Gasteiger partial charge in [-0.25, -0.2) is 13.1 Å². The normalized spacial score (nSPS) is 13.1. The van der Waals surface area contributed by atoms with Gasteiger partial charge in [0, 0.05) is 13.7 Å². The molecule has 0 rings (SSSR count). The van der Waals surface area contributed by atoms with E-state index in [9.17, 15) is 8.42 Å². The molecular formula is C10H23NO3S. The molecule has 0 heterocycles. The van der Waals surface area contributed by atoms with Gasteiger partial charge >= 0.3 is 0 Å².